The highest BCUT2D eigenvalue weighted by atomic mass is 19.1. The fraction of sp³-hybridized carbons (Fsp3) is 0.273. The normalized spacial score (nSPS) is 16.6. The van der Waals surface area contributed by atoms with E-state index in [0.29, 0.717) is 16.9 Å². The number of amides is 1. The van der Waals surface area contributed by atoms with Crippen LogP contribution >= 0.6 is 0 Å². The molecule has 0 saturated carbocycles. The van der Waals surface area contributed by atoms with E-state index < -0.39 is 24.0 Å². The van der Waals surface area contributed by atoms with Gasteiger partial charge in [0, 0.05) is 6.42 Å². The van der Waals surface area contributed by atoms with Gasteiger partial charge in [0.05, 0.1) is 5.69 Å². The third-order valence-corrected chi connectivity index (χ3v) is 2.61. The number of carboxylic acids is 1. The van der Waals surface area contributed by atoms with Gasteiger partial charge in [0.15, 0.2) is 0 Å². The number of carboxylic acid groups (broad SMARTS) is 1. The Hall–Kier alpha value is -1.98. The number of carbonyl (C=O) groups is 2. The molecule has 1 unspecified atom stereocenters. The van der Waals surface area contributed by atoms with Crippen LogP contribution in [0.25, 0.3) is 0 Å². The molecule has 0 radical (unpaired) electrons. The van der Waals surface area contributed by atoms with Crippen LogP contribution in [0.4, 0.5) is 14.5 Å². The largest absolute Gasteiger partial charge is 0.478 e. The van der Waals surface area contributed by atoms with Crippen LogP contribution in [-0.2, 0) is 16.0 Å². The third-order valence-electron chi connectivity index (χ3n) is 2.61. The van der Waals surface area contributed by atoms with E-state index in [9.17, 15) is 18.4 Å². The number of alkyl halides is 1. The quantitative estimate of drug-likeness (QED) is 0.798. The molecule has 1 aromatic carbocycles. The molecule has 0 spiro atoms. The van der Waals surface area contributed by atoms with Crippen molar-refractivity contribution in [3.05, 3.63) is 29.6 Å². The average molecular weight is 241 g/mol. The number of rotatable bonds is 2. The van der Waals surface area contributed by atoms with E-state index in [1.807, 2.05) is 0 Å². The van der Waals surface area contributed by atoms with Gasteiger partial charge in [0.2, 0.25) is 5.91 Å². The maximum absolute atomic E-state index is 13.5. The lowest BCUT2D eigenvalue weighted by Crippen LogP contribution is -2.45. The minimum atomic E-state index is -2.48. The van der Waals surface area contributed by atoms with E-state index in [1.165, 1.54) is 12.1 Å². The van der Waals surface area contributed by atoms with Gasteiger partial charge in [0.1, 0.15) is 5.82 Å². The Balaban J connectivity index is 2.49. The van der Waals surface area contributed by atoms with Crippen LogP contribution in [0.15, 0.2) is 18.2 Å². The molecule has 6 heteroatoms. The van der Waals surface area contributed by atoms with Gasteiger partial charge >= 0.3 is 5.97 Å². The van der Waals surface area contributed by atoms with E-state index in [1.54, 1.807) is 0 Å². The Morgan fingerprint density at radius 3 is 2.76 bits per heavy atom. The van der Waals surface area contributed by atoms with Crippen LogP contribution in [0.3, 0.4) is 0 Å². The lowest BCUT2D eigenvalue weighted by molar-refractivity contribution is -0.144. The van der Waals surface area contributed by atoms with Gasteiger partial charge in [-0.1, -0.05) is 6.07 Å². The second kappa shape index (κ2) is 4.12. The Bertz CT molecular complexity index is 490. The summed E-state index contributed by atoms with van der Waals surface area (Å²) in [6.45, 7) is 0. The summed E-state index contributed by atoms with van der Waals surface area (Å²) in [4.78, 5) is 22.6. The minimum Gasteiger partial charge on any atom is -0.478 e. The molecule has 1 heterocycles. The first-order valence-corrected chi connectivity index (χ1v) is 4.98. The van der Waals surface area contributed by atoms with Gasteiger partial charge in [-0.25, -0.2) is 13.6 Å². The number of halogens is 2. The van der Waals surface area contributed by atoms with Gasteiger partial charge in [-0.3, -0.25) is 9.69 Å². The first-order chi connectivity index (χ1) is 8.00. The molecule has 4 nitrogen and oxygen atoms in total. The Labute approximate surface area is 95.5 Å². The molecule has 17 heavy (non-hydrogen) atoms. The zero-order valence-corrected chi connectivity index (χ0v) is 8.69. The number of hydrogen-bond acceptors (Lipinski definition) is 2. The van der Waals surface area contributed by atoms with Gasteiger partial charge in [0.25, 0.3) is 6.30 Å². The molecule has 0 aliphatic carbocycles. The molecular weight excluding hydrogens is 232 g/mol. The summed E-state index contributed by atoms with van der Waals surface area (Å²) in [6, 6.07) is 3.60. The van der Waals surface area contributed by atoms with Gasteiger partial charge in [-0.2, -0.15) is 0 Å². The van der Waals surface area contributed by atoms with Gasteiger partial charge in [-0.05, 0) is 24.1 Å². The van der Waals surface area contributed by atoms with Crippen molar-refractivity contribution >= 4 is 17.6 Å². The van der Waals surface area contributed by atoms with E-state index in [4.69, 9.17) is 5.11 Å². The highest BCUT2D eigenvalue weighted by molar-refractivity contribution is 6.00. The average Bonchev–Trinajstić information content (AvgIpc) is 2.27. The Kier molecular flexibility index (Phi) is 2.79. The monoisotopic (exact) mass is 241 g/mol. The van der Waals surface area contributed by atoms with Gasteiger partial charge < -0.3 is 5.11 Å². The smallest absolute Gasteiger partial charge is 0.360 e. The summed E-state index contributed by atoms with van der Waals surface area (Å²) < 4.78 is 26.5. The highest BCUT2D eigenvalue weighted by Gasteiger charge is 2.34. The molecule has 1 aromatic rings. The minimum absolute atomic E-state index is 0.00356. The van der Waals surface area contributed by atoms with Crippen molar-refractivity contribution in [2.75, 3.05) is 4.90 Å². The molecule has 0 aromatic heterocycles. The van der Waals surface area contributed by atoms with Crippen LogP contribution in [0.5, 0.6) is 0 Å². The number of hydrogen-bond donors (Lipinski definition) is 1. The number of aliphatic carboxylic acids is 1. The fourth-order valence-electron chi connectivity index (χ4n) is 1.83. The van der Waals surface area contributed by atoms with Crippen LogP contribution in [0.1, 0.15) is 12.0 Å². The summed E-state index contributed by atoms with van der Waals surface area (Å²) in [5, 5.41) is 8.58. The predicted molar refractivity (Wildman–Crippen MR) is 54.7 cm³/mol. The number of carbonyl (C=O) groups excluding carboxylic acids is 1. The summed E-state index contributed by atoms with van der Waals surface area (Å²) >= 11 is 0. The Morgan fingerprint density at radius 2 is 2.12 bits per heavy atom. The number of nitrogens with zero attached hydrogens (tertiary/aromatic N) is 1. The summed E-state index contributed by atoms with van der Waals surface area (Å²) in [5.74, 6) is -3.06. The van der Waals surface area contributed by atoms with Crippen LogP contribution < -0.4 is 4.90 Å². The van der Waals surface area contributed by atoms with Crippen molar-refractivity contribution < 1.29 is 23.5 Å². The molecule has 1 atom stereocenters. The molecule has 1 amide bonds. The molecule has 0 fully saturated rings. The zero-order valence-electron chi connectivity index (χ0n) is 8.69. The predicted octanol–water partition coefficient (Wildman–Crippen LogP) is 1.49. The first-order valence-electron chi connectivity index (χ1n) is 4.98. The van der Waals surface area contributed by atoms with Crippen molar-refractivity contribution in [2.24, 2.45) is 0 Å². The Morgan fingerprint density at radius 1 is 1.41 bits per heavy atom. The highest BCUT2D eigenvalue weighted by Crippen LogP contribution is 2.30. The maximum Gasteiger partial charge on any atom is 0.360 e. The summed E-state index contributed by atoms with van der Waals surface area (Å²) in [7, 11) is 0. The van der Waals surface area contributed by atoms with Crippen molar-refractivity contribution in [1.82, 2.24) is 0 Å². The molecule has 2 rings (SSSR count). The fourth-order valence-corrected chi connectivity index (χ4v) is 1.83. The van der Waals surface area contributed by atoms with Crippen LogP contribution in [0.2, 0.25) is 0 Å². The van der Waals surface area contributed by atoms with Crippen molar-refractivity contribution in [3.8, 4) is 0 Å². The van der Waals surface area contributed by atoms with E-state index in [0.717, 1.165) is 6.07 Å². The van der Waals surface area contributed by atoms with E-state index in [-0.39, 0.29) is 12.1 Å². The summed E-state index contributed by atoms with van der Waals surface area (Å²) in [6.07, 6.45) is -2.10. The lowest BCUT2D eigenvalue weighted by Gasteiger charge is -2.30. The number of benzene rings is 1. The van der Waals surface area contributed by atoms with Crippen LogP contribution in [0, 0.1) is 5.82 Å². The SMILES string of the molecule is O=C(O)C(F)N1C(=O)CCc2ccc(F)cc21. The van der Waals surface area contributed by atoms with Crippen molar-refractivity contribution in [2.45, 2.75) is 19.1 Å². The molecule has 1 N–H and O–H groups in total. The van der Waals surface area contributed by atoms with E-state index in [2.05, 4.69) is 0 Å². The number of aryl methyl sites for hydroxylation is 1. The third kappa shape index (κ3) is 1.98. The van der Waals surface area contributed by atoms with Crippen molar-refractivity contribution in [1.29, 1.82) is 0 Å². The standard InChI is InChI=1S/C11H9F2NO3/c12-7-3-1-6-2-4-9(15)14(8(6)5-7)10(13)11(16)17/h1,3,5,10H,2,4H2,(H,16,17). The van der Waals surface area contributed by atoms with Gasteiger partial charge in [-0.15, -0.1) is 0 Å². The molecule has 1 aliphatic rings. The molecule has 1 aliphatic heterocycles. The first kappa shape index (κ1) is 11.5. The number of fused-ring (bicyclic) bond motifs is 1. The molecule has 90 valence electrons. The molecular formula is C11H9F2NO3. The van der Waals surface area contributed by atoms with Crippen molar-refractivity contribution in [3.63, 3.8) is 0 Å². The molecule has 0 bridgehead atoms. The maximum atomic E-state index is 13.5. The van der Waals surface area contributed by atoms with Crippen LogP contribution in [-0.4, -0.2) is 23.3 Å². The second-order valence-corrected chi connectivity index (χ2v) is 3.71. The number of anilines is 1. The lowest BCUT2D eigenvalue weighted by atomic mass is 10.0. The summed E-state index contributed by atoms with van der Waals surface area (Å²) in [5.41, 5.74) is 0.561. The topological polar surface area (TPSA) is 57.6 Å². The zero-order chi connectivity index (χ0) is 12.6. The molecule has 0 saturated heterocycles. The van der Waals surface area contributed by atoms with E-state index >= 15 is 0 Å². The second-order valence-electron chi connectivity index (χ2n) is 3.71.